The summed E-state index contributed by atoms with van der Waals surface area (Å²) >= 11 is 0.777. The van der Waals surface area contributed by atoms with Crippen molar-refractivity contribution in [2.45, 2.75) is 13.1 Å². The molecule has 0 spiro atoms. The molecular weight excluding hydrogens is 511 g/mol. The fourth-order valence-electron chi connectivity index (χ4n) is 3.14. The molecule has 3 N–H and O–H groups in total. The molecule has 3 aromatic heterocycles. The van der Waals surface area contributed by atoms with Gasteiger partial charge >= 0.3 is 12.2 Å². The zero-order chi connectivity index (χ0) is 27.2. The number of ketones is 1. The summed E-state index contributed by atoms with van der Waals surface area (Å²) in [5, 5.41) is 8.52. The van der Waals surface area contributed by atoms with Crippen LogP contribution in [-0.4, -0.2) is 71.3 Å². The largest absolute Gasteiger partial charge is 0.434 e. The smallest absolute Gasteiger partial charge is 0.348 e. The summed E-state index contributed by atoms with van der Waals surface area (Å²) in [6.07, 6.45) is -0.519. The van der Waals surface area contributed by atoms with Crippen LogP contribution in [0.25, 0.3) is 21.7 Å². The van der Waals surface area contributed by atoms with Crippen LogP contribution in [0.15, 0.2) is 36.1 Å². The quantitative estimate of drug-likeness (QED) is 0.359. The molecule has 0 atom stereocenters. The van der Waals surface area contributed by atoms with Gasteiger partial charge in [-0.2, -0.15) is 13.2 Å². The van der Waals surface area contributed by atoms with E-state index < -0.39 is 23.7 Å². The van der Waals surface area contributed by atoms with E-state index in [1.165, 1.54) is 30.7 Å². The number of amides is 3. The number of carbonyl (C=O) groups excluding carboxylic acids is 3. The van der Waals surface area contributed by atoms with Crippen molar-refractivity contribution in [3.8, 4) is 21.7 Å². The van der Waals surface area contributed by atoms with Crippen LogP contribution in [0.5, 0.6) is 0 Å². The van der Waals surface area contributed by atoms with Gasteiger partial charge in [-0.1, -0.05) is 0 Å². The van der Waals surface area contributed by atoms with Crippen molar-refractivity contribution < 1.29 is 27.6 Å². The third kappa shape index (κ3) is 7.54. The van der Waals surface area contributed by atoms with Gasteiger partial charge in [-0.15, -0.1) is 11.3 Å². The second kappa shape index (κ2) is 11.9. The van der Waals surface area contributed by atoms with E-state index >= 15 is 0 Å². The van der Waals surface area contributed by atoms with Gasteiger partial charge in [-0.25, -0.2) is 14.8 Å². The number of urea groups is 1. The van der Waals surface area contributed by atoms with Gasteiger partial charge in [0.05, 0.1) is 13.1 Å². The second-order valence-corrected chi connectivity index (χ2v) is 8.89. The Morgan fingerprint density at radius 1 is 1.05 bits per heavy atom. The molecule has 37 heavy (non-hydrogen) atoms. The minimum absolute atomic E-state index is 0.0383. The minimum Gasteiger partial charge on any atom is -0.348 e. The number of nitrogens with zero attached hydrogens (tertiary/aromatic N) is 4. The number of likely N-dealkylation sites (N-methyl/N-ethyl adjacent to an activating group) is 1. The van der Waals surface area contributed by atoms with Crippen LogP contribution in [-0.2, 0) is 11.0 Å². The van der Waals surface area contributed by atoms with Gasteiger partial charge in [0.2, 0.25) is 5.91 Å². The Bertz CT molecular complexity index is 1290. The predicted octanol–water partition coefficient (Wildman–Crippen LogP) is 3.29. The Labute approximate surface area is 214 Å². The van der Waals surface area contributed by atoms with Crippen LogP contribution in [0.4, 0.5) is 23.8 Å². The summed E-state index contributed by atoms with van der Waals surface area (Å²) in [6.45, 7) is 1.95. The molecule has 0 aromatic carbocycles. The number of Topliss-reactive ketones (excluding diaryl/α,β-unsaturated/α-hetero) is 1. The van der Waals surface area contributed by atoms with Crippen molar-refractivity contribution in [1.29, 1.82) is 0 Å². The van der Waals surface area contributed by atoms with Gasteiger partial charge in [0.15, 0.2) is 11.5 Å². The fourth-order valence-corrected chi connectivity index (χ4v) is 4.00. The molecule has 0 bridgehead atoms. The highest BCUT2D eigenvalue weighted by Gasteiger charge is 2.34. The Hall–Kier alpha value is -3.91. The van der Waals surface area contributed by atoms with Crippen LogP contribution >= 0.6 is 11.3 Å². The van der Waals surface area contributed by atoms with Crippen LogP contribution in [0.2, 0.25) is 0 Å². The Morgan fingerprint density at radius 2 is 1.81 bits per heavy atom. The molecule has 0 unspecified atom stereocenters. The summed E-state index contributed by atoms with van der Waals surface area (Å²) in [7, 11) is 3.44. The summed E-state index contributed by atoms with van der Waals surface area (Å²) in [5.74, 6) is -0.635. The first kappa shape index (κ1) is 27.7. The van der Waals surface area contributed by atoms with E-state index in [1.54, 1.807) is 25.9 Å². The average Bonchev–Trinajstić information content (AvgIpc) is 3.33. The molecule has 0 fully saturated rings. The number of pyridine rings is 2. The first-order valence-corrected chi connectivity index (χ1v) is 11.8. The van der Waals surface area contributed by atoms with Crippen LogP contribution in [0, 0.1) is 0 Å². The number of anilines is 1. The fraction of sp³-hybridized carbons (Fsp3) is 0.304. The highest BCUT2D eigenvalue weighted by molar-refractivity contribution is 7.13. The monoisotopic (exact) mass is 535 g/mol. The Kier molecular flexibility index (Phi) is 8.89. The van der Waals surface area contributed by atoms with E-state index in [2.05, 4.69) is 30.9 Å². The molecule has 3 rings (SSSR count). The van der Waals surface area contributed by atoms with Crippen LogP contribution in [0.1, 0.15) is 23.0 Å². The van der Waals surface area contributed by atoms with Gasteiger partial charge in [0.25, 0.3) is 0 Å². The highest BCUT2D eigenvalue weighted by atomic mass is 32.1. The van der Waals surface area contributed by atoms with Crippen molar-refractivity contribution in [3.63, 3.8) is 0 Å². The van der Waals surface area contributed by atoms with E-state index in [4.69, 9.17) is 0 Å². The topological polar surface area (TPSA) is 129 Å². The van der Waals surface area contributed by atoms with E-state index in [-0.39, 0.29) is 40.9 Å². The normalized spacial score (nSPS) is 11.3. The molecule has 0 radical (unpaired) electrons. The van der Waals surface area contributed by atoms with E-state index in [0.717, 1.165) is 16.7 Å². The third-order valence-corrected chi connectivity index (χ3v) is 5.66. The number of hydrogen-bond acceptors (Lipinski definition) is 8. The lowest BCUT2D eigenvalue weighted by Crippen LogP contribution is -2.36. The van der Waals surface area contributed by atoms with E-state index in [1.807, 2.05) is 0 Å². The lowest BCUT2D eigenvalue weighted by atomic mass is 10.0. The number of hydrogen-bond donors (Lipinski definition) is 3. The summed E-state index contributed by atoms with van der Waals surface area (Å²) in [5.41, 5.74) is 0.134. The molecule has 0 aliphatic rings. The molecule has 3 heterocycles. The molecular formula is C23H24F3N7O3S. The Morgan fingerprint density at radius 3 is 2.46 bits per heavy atom. The van der Waals surface area contributed by atoms with Crippen LogP contribution in [0.3, 0.4) is 0 Å². The minimum atomic E-state index is -4.63. The molecule has 0 aliphatic heterocycles. The lowest BCUT2D eigenvalue weighted by molar-refractivity contribution is -0.140. The first-order chi connectivity index (χ1) is 17.5. The molecule has 0 saturated carbocycles. The third-order valence-electron chi connectivity index (χ3n) is 4.79. The number of thiazole rings is 1. The van der Waals surface area contributed by atoms with Gasteiger partial charge in [0.1, 0.15) is 10.8 Å². The highest BCUT2D eigenvalue weighted by Crippen LogP contribution is 2.38. The molecule has 3 aromatic rings. The zero-order valence-corrected chi connectivity index (χ0v) is 21.0. The number of halogens is 3. The number of nitrogens with one attached hydrogen (secondary N) is 3. The molecule has 0 aliphatic carbocycles. The maximum atomic E-state index is 13.2. The molecule has 14 heteroatoms. The number of aromatic nitrogens is 3. The predicted molar refractivity (Wildman–Crippen MR) is 132 cm³/mol. The average molecular weight is 536 g/mol. The van der Waals surface area contributed by atoms with Gasteiger partial charge in [-0.3, -0.25) is 19.9 Å². The number of alkyl halides is 3. The van der Waals surface area contributed by atoms with Crippen molar-refractivity contribution in [2.24, 2.45) is 0 Å². The molecule has 3 amide bonds. The maximum absolute atomic E-state index is 13.2. The Balaban J connectivity index is 1.97. The first-order valence-electron chi connectivity index (χ1n) is 11.0. The van der Waals surface area contributed by atoms with Crippen molar-refractivity contribution in [3.05, 3.63) is 47.4 Å². The van der Waals surface area contributed by atoms with Crippen molar-refractivity contribution in [2.75, 3.05) is 39.0 Å². The summed E-state index contributed by atoms with van der Waals surface area (Å²) in [6, 6.07) is 2.37. The standard InChI is InChI=1S/C23H24F3N7O3S/c1-4-28-22(36)32-19-6-15(21-31-18(12-37-21)23(24,25)26)16(9-29-19)13-5-14(8-27-7-13)17(34)10-30-20(35)11-33(2)3/h5-9,12H,4,10-11H2,1-3H3,(H,30,35)(H2,28,29,32,36). The zero-order valence-electron chi connectivity index (χ0n) is 20.1. The molecule has 196 valence electrons. The van der Waals surface area contributed by atoms with Gasteiger partial charge in [0, 0.05) is 52.8 Å². The molecule has 0 saturated heterocycles. The van der Waals surface area contributed by atoms with Gasteiger partial charge < -0.3 is 15.5 Å². The second-order valence-electron chi connectivity index (χ2n) is 8.04. The molecule has 10 nitrogen and oxygen atoms in total. The maximum Gasteiger partial charge on any atom is 0.434 e. The van der Waals surface area contributed by atoms with Crippen molar-refractivity contribution >= 4 is 34.9 Å². The lowest BCUT2D eigenvalue weighted by Gasteiger charge is -2.12. The van der Waals surface area contributed by atoms with Crippen molar-refractivity contribution in [1.82, 2.24) is 30.5 Å². The van der Waals surface area contributed by atoms with E-state index in [9.17, 15) is 27.6 Å². The summed E-state index contributed by atoms with van der Waals surface area (Å²) < 4.78 is 39.6. The summed E-state index contributed by atoms with van der Waals surface area (Å²) in [4.78, 5) is 50.1. The van der Waals surface area contributed by atoms with Gasteiger partial charge in [-0.05, 0) is 33.2 Å². The van der Waals surface area contributed by atoms with E-state index in [0.29, 0.717) is 17.7 Å². The number of rotatable bonds is 9. The van der Waals surface area contributed by atoms with Crippen LogP contribution < -0.4 is 16.0 Å². The number of carbonyl (C=O) groups is 3. The SMILES string of the molecule is CCNC(=O)Nc1cc(-c2nc(C(F)(F)F)cs2)c(-c2cncc(C(=O)CNC(=O)CN(C)C)c2)cn1.